The molecular formula is C18H20N2O. The van der Waals surface area contributed by atoms with Crippen molar-refractivity contribution in [3.8, 4) is 0 Å². The second-order valence-corrected chi connectivity index (χ2v) is 5.67. The lowest BCUT2D eigenvalue weighted by Gasteiger charge is -2.19. The van der Waals surface area contributed by atoms with E-state index >= 15 is 0 Å². The van der Waals surface area contributed by atoms with E-state index in [0.29, 0.717) is 18.0 Å². The molecule has 1 saturated carbocycles. The molecule has 3 heteroatoms. The van der Waals surface area contributed by atoms with Gasteiger partial charge in [-0.15, -0.1) is 0 Å². The van der Waals surface area contributed by atoms with Gasteiger partial charge < -0.3 is 11.1 Å². The zero-order valence-electron chi connectivity index (χ0n) is 12.0. The number of rotatable bonds is 5. The summed E-state index contributed by atoms with van der Waals surface area (Å²) >= 11 is 0. The molecule has 1 amide bonds. The summed E-state index contributed by atoms with van der Waals surface area (Å²) in [6.07, 6.45) is 2.71. The van der Waals surface area contributed by atoms with E-state index in [0.717, 1.165) is 5.56 Å². The Kier molecular flexibility index (Phi) is 3.91. The van der Waals surface area contributed by atoms with Crippen molar-refractivity contribution in [1.29, 1.82) is 0 Å². The van der Waals surface area contributed by atoms with Crippen LogP contribution in [0.25, 0.3) is 0 Å². The van der Waals surface area contributed by atoms with Gasteiger partial charge in [-0.3, -0.25) is 4.79 Å². The van der Waals surface area contributed by atoms with Gasteiger partial charge >= 0.3 is 0 Å². The number of anilines is 1. The number of para-hydroxylation sites is 1. The standard InChI is InChI=1S/C18H20N2O/c19-16-9-5-4-8-15(16)12-17(21)20-18(14-10-11-14)13-6-2-1-3-7-13/h1-9,14,18H,10-12,19H2,(H,20,21). The van der Waals surface area contributed by atoms with E-state index in [-0.39, 0.29) is 11.9 Å². The molecule has 0 bridgehead atoms. The summed E-state index contributed by atoms with van der Waals surface area (Å²) < 4.78 is 0. The number of nitrogens with two attached hydrogens (primary N) is 1. The van der Waals surface area contributed by atoms with Gasteiger partial charge in [-0.05, 0) is 36.0 Å². The largest absolute Gasteiger partial charge is 0.398 e. The molecule has 0 saturated heterocycles. The number of hydrogen-bond acceptors (Lipinski definition) is 2. The van der Waals surface area contributed by atoms with Crippen LogP contribution >= 0.6 is 0 Å². The highest BCUT2D eigenvalue weighted by molar-refractivity contribution is 5.80. The Morgan fingerprint density at radius 2 is 1.76 bits per heavy atom. The predicted molar refractivity (Wildman–Crippen MR) is 84.6 cm³/mol. The maximum absolute atomic E-state index is 12.3. The van der Waals surface area contributed by atoms with Crippen molar-refractivity contribution in [3.63, 3.8) is 0 Å². The fraction of sp³-hybridized carbons (Fsp3) is 0.278. The fourth-order valence-electron chi connectivity index (χ4n) is 2.66. The molecule has 3 rings (SSSR count). The average molecular weight is 280 g/mol. The van der Waals surface area contributed by atoms with Gasteiger partial charge in [-0.2, -0.15) is 0 Å². The number of benzene rings is 2. The number of nitrogen functional groups attached to an aromatic ring is 1. The molecule has 1 aliphatic rings. The normalized spacial score (nSPS) is 15.4. The Morgan fingerprint density at radius 1 is 1.10 bits per heavy atom. The van der Waals surface area contributed by atoms with E-state index in [4.69, 9.17) is 5.73 Å². The van der Waals surface area contributed by atoms with E-state index in [9.17, 15) is 4.79 Å². The van der Waals surface area contributed by atoms with E-state index in [1.807, 2.05) is 42.5 Å². The molecule has 0 aliphatic heterocycles. The van der Waals surface area contributed by atoms with Gasteiger partial charge in [0.25, 0.3) is 0 Å². The summed E-state index contributed by atoms with van der Waals surface area (Å²) in [6, 6.07) is 17.9. The Morgan fingerprint density at radius 3 is 2.43 bits per heavy atom. The quantitative estimate of drug-likeness (QED) is 0.827. The van der Waals surface area contributed by atoms with Crippen molar-refractivity contribution in [2.45, 2.75) is 25.3 Å². The Labute approximate surface area is 125 Å². The molecule has 2 aromatic rings. The van der Waals surface area contributed by atoms with Crippen molar-refractivity contribution in [1.82, 2.24) is 5.32 Å². The molecule has 1 atom stereocenters. The third kappa shape index (κ3) is 3.43. The topological polar surface area (TPSA) is 55.1 Å². The predicted octanol–water partition coefficient (Wildman–Crippen LogP) is 3.08. The summed E-state index contributed by atoms with van der Waals surface area (Å²) in [7, 11) is 0. The molecule has 1 unspecified atom stereocenters. The lowest BCUT2D eigenvalue weighted by molar-refractivity contribution is -0.121. The monoisotopic (exact) mass is 280 g/mol. The summed E-state index contributed by atoms with van der Waals surface area (Å²) in [6.45, 7) is 0. The minimum absolute atomic E-state index is 0.0358. The smallest absolute Gasteiger partial charge is 0.224 e. The van der Waals surface area contributed by atoms with Crippen molar-refractivity contribution in [3.05, 3.63) is 65.7 Å². The molecule has 2 aromatic carbocycles. The van der Waals surface area contributed by atoms with Gasteiger partial charge in [-0.1, -0.05) is 48.5 Å². The van der Waals surface area contributed by atoms with Crippen LogP contribution in [0.15, 0.2) is 54.6 Å². The van der Waals surface area contributed by atoms with Crippen LogP contribution in [0.4, 0.5) is 5.69 Å². The van der Waals surface area contributed by atoms with Crippen LogP contribution in [0.2, 0.25) is 0 Å². The average Bonchev–Trinajstić information content (AvgIpc) is 3.33. The molecule has 21 heavy (non-hydrogen) atoms. The molecule has 0 radical (unpaired) electrons. The van der Waals surface area contributed by atoms with Crippen LogP contribution in [0.3, 0.4) is 0 Å². The highest BCUT2D eigenvalue weighted by atomic mass is 16.1. The van der Waals surface area contributed by atoms with Gasteiger partial charge in [0.2, 0.25) is 5.91 Å². The molecule has 1 aliphatic carbocycles. The summed E-state index contributed by atoms with van der Waals surface area (Å²) in [4.78, 5) is 12.3. The van der Waals surface area contributed by atoms with Crippen molar-refractivity contribution >= 4 is 11.6 Å². The molecule has 3 N–H and O–H groups in total. The van der Waals surface area contributed by atoms with Gasteiger partial charge in [0, 0.05) is 5.69 Å². The van der Waals surface area contributed by atoms with Crippen molar-refractivity contribution in [2.24, 2.45) is 5.92 Å². The summed E-state index contributed by atoms with van der Waals surface area (Å²) in [5.41, 5.74) is 8.66. The van der Waals surface area contributed by atoms with Crippen molar-refractivity contribution < 1.29 is 4.79 Å². The number of amides is 1. The molecule has 1 fully saturated rings. The Balaban J connectivity index is 1.69. The highest BCUT2D eigenvalue weighted by Crippen LogP contribution is 2.40. The maximum atomic E-state index is 12.3. The fourth-order valence-corrected chi connectivity index (χ4v) is 2.66. The van der Waals surface area contributed by atoms with Crippen LogP contribution in [-0.2, 0) is 11.2 Å². The highest BCUT2D eigenvalue weighted by Gasteiger charge is 2.33. The number of carbonyl (C=O) groups excluding carboxylic acids is 1. The molecule has 0 spiro atoms. The van der Waals surface area contributed by atoms with Crippen LogP contribution in [-0.4, -0.2) is 5.91 Å². The van der Waals surface area contributed by atoms with Crippen LogP contribution in [0, 0.1) is 5.92 Å². The molecule has 0 heterocycles. The van der Waals surface area contributed by atoms with Crippen molar-refractivity contribution in [2.75, 3.05) is 5.73 Å². The van der Waals surface area contributed by atoms with E-state index in [1.54, 1.807) is 0 Å². The van der Waals surface area contributed by atoms with E-state index in [1.165, 1.54) is 18.4 Å². The molecular weight excluding hydrogens is 260 g/mol. The van der Waals surface area contributed by atoms with Crippen LogP contribution in [0.1, 0.15) is 30.0 Å². The van der Waals surface area contributed by atoms with Crippen LogP contribution < -0.4 is 11.1 Å². The van der Waals surface area contributed by atoms with Gasteiger partial charge in [0.1, 0.15) is 0 Å². The SMILES string of the molecule is Nc1ccccc1CC(=O)NC(c1ccccc1)C1CC1. The summed E-state index contributed by atoms with van der Waals surface area (Å²) in [5.74, 6) is 0.609. The Bertz CT molecular complexity index is 620. The lowest BCUT2D eigenvalue weighted by Crippen LogP contribution is -2.31. The molecule has 0 aromatic heterocycles. The Hall–Kier alpha value is -2.29. The van der Waals surface area contributed by atoms with E-state index < -0.39 is 0 Å². The number of carbonyl (C=O) groups is 1. The maximum Gasteiger partial charge on any atom is 0.224 e. The first-order valence-electron chi connectivity index (χ1n) is 7.42. The lowest BCUT2D eigenvalue weighted by atomic mass is 10.0. The zero-order chi connectivity index (χ0) is 14.7. The molecule has 108 valence electrons. The second-order valence-electron chi connectivity index (χ2n) is 5.67. The first kappa shape index (κ1) is 13.7. The third-order valence-electron chi connectivity index (χ3n) is 3.97. The summed E-state index contributed by atoms with van der Waals surface area (Å²) in [5, 5.41) is 3.18. The molecule has 3 nitrogen and oxygen atoms in total. The number of hydrogen-bond donors (Lipinski definition) is 2. The minimum atomic E-state index is 0.0358. The second kappa shape index (κ2) is 6.00. The van der Waals surface area contributed by atoms with Gasteiger partial charge in [-0.25, -0.2) is 0 Å². The van der Waals surface area contributed by atoms with Crippen LogP contribution in [0.5, 0.6) is 0 Å². The number of nitrogens with one attached hydrogen (secondary N) is 1. The van der Waals surface area contributed by atoms with Gasteiger partial charge in [0.15, 0.2) is 0 Å². The van der Waals surface area contributed by atoms with E-state index in [2.05, 4.69) is 17.4 Å². The third-order valence-corrected chi connectivity index (χ3v) is 3.97. The zero-order valence-corrected chi connectivity index (χ0v) is 12.0. The first-order valence-corrected chi connectivity index (χ1v) is 7.42. The van der Waals surface area contributed by atoms with Gasteiger partial charge in [0.05, 0.1) is 12.5 Å². The minimum Gasteiger partial charge on any atom is -0.398 e. The first-order chi connectivity index (χ1) is 10.2.